The number of hydrogen-bond donors (Lipinski definition) is 2. The minimum atomic E-state index is -0.254. The number of methoxy groups -OCH3 is 2. The summed E-state index contributed by atoms with van der Waals surface area (Å²) < 4.78 is 10.7. The van der Waals surface area contributed by atoms with Crippen molar-refractivity contribution in [2.75, 3.05) is 24.9 Å². The number of carbonyl (C=O) groups excluding carboxylic acids is 1. The van der Waals surface area contributed by atoms with E-state index in [0.717, 1.165) is 22.6 Å². The van der Waals surface area contributed by atoms with E-state index in [0.29, 0.717) is 22.8 Å². The molecule has 0 aliphatic heterocycles. The monoisotopic (exact) mass is 377 g/mol. The van der Waals surface area contributed by atoms with Gasteiger partial charge < -0.3 is 20.1 Å². The summed E-state index contributed by atoms with van der Waals surface area (Å²) in [6, 6.07) is 14.9. The maximum Gasteiger partial charge on any atom is 0.257 e. The van der Waals surface area contributed by atoms with E-state index in [-0.39, 0.29) is 5.91 Å². The van der Waals surface area contributed by atoms with Crippen molar-refractivity contribution in [2.24, 2.45) is 0 Å². The molecule has 0 fully saturated rings. The van der Waals surface area contributed by atoms with Gasteiger partial charge in [-0.2, -0.15) is 0 Å². The zero-order chi connectivity index (χ0) is 20.1. The maximum atomic E-state index is 12.6. The Balaban J connectivity index is 1.75. The molecule has 0 radical (unpaired) electrons. The van der Waals surface area contributed by atoms with Crippen LogP contribution in [0.25, 0.3) is 0 Å². The van der Waals surface area contributed by atoms with Crippen LogP contribution in [0.3, 0.4) is 0 Å². The predicted molar refractivity (Wildman–Crippen MR) is 111 cm³/mol. The highest BCUT2D eigenvalue weighted by Gasteiger charge is 2.11. The third-order valence-corrected chi connectivity index (χ3v) is 4.25. The average molecular weight is 377 g/mol. The van der Waals surface area contributed by atoms with Crippen LogP contribution in [0.1, 0.15) is 21.5 Å². The van der Waals surface area contributed by atoms with Crippen molar-refractivity contribution in [2.45, 2.75) is 13.8 Å². The number of nitrogens with one attached hydrogen (secondary N) is 2. The molecule has 0 saturated heterocycles. The van der Waals surface area contributed by atoms with Crippen LogP contribution in [0.2, 0.25) is 0 Å². The summed E-state index contributed by atoms with van der Waals surface area (Å²) in [5, 5.41) is 6.09. The number of benzene rings is 2. The molecule has 1 amide bonds. The Morgan fingerprint density at radius 1 is 0.857 bits per heavy atom. The van der Waals surface area contributed by atoms with E-state index in [2.05, 4.69) is 15.6 Å². The van der Waals surface area contributed by atoms with Gasteiger partial charge in [-0.25, -0.2) is 4.98 Å². The predicted octanol–water partition coefficient (Wildman–Crippen LogP) is 4.71. The fourth-order valence-corrected chi connectivity index (χ4v) is 2.77. The lowest BCUT2D eigenvalue weighted by Crippen LogP contribution is -2.13. The van der Waals surface area contributed by atoms with Crippen LogP contribution in [0.15, 0.2) is 54.7 Å². The number of aryl methyl sites for hydroxylation is 2. The molecule has 2 aromatic carbocycles. The molecule has 1 aromatic heterocycles. The average Bonchev–Trinajstić information content (AvgIpc) is 2.69. The Morgan fingerprint density at radius 2 is 1.46 bits per heavy atom. The lowest BCUT2D eigenvalue weighted by atomic mass is 10.2. The molecule has 1 heterocycles. The highest BCUT2D eigenvalue weighted by atomic mass is 16.5. The summed E-state index contributed by atoms with van der Waals surface area (Å²) in [4.78, 5) is 16.9. The summed E-state index contributed by atoms with van der Waals surface area (Å²) in [5.41, 5.74) is 4.02. The van der Waals surface area contributed by atoms with Crippen molar-refractivity contribution in [3.8, 4) is 11.5 Å². The summed E-state index contributed by atoms with van der Waals surface area (Å²) in [6.45, 7) is 3.96. The molecule has 28 heavy (non-hydrogen) atoms. The lowest BCUT2D eigenvalue weighted by molar-refractivity contribution is 0.102. The Kier molecular flexibility index (Phi) is 5.79. The second-order valence-corrected chi connectivity index (χ2v) is 6.42. The maximum absolute atomic E-state index is 12.6. The van der Waals surface area contributed by atoms with Crippen LogP contribution in [-0.4, -0.2) is 25.1 Å². The van der Waals surface area contributed by atoms with Crippen LogP contribution in [0, 0.1) is 13.8 Å². The quantitative estimate of drug-likeness (QED) is 0.651. The first kappa shape index (κ1) is 19.2. The minimum Gasteiger partial charge on any atom is -0.495 e. The summed E-state index contributed by atoms with van der Waals surface area (Å²) >= 11 is 0. The number of pyridine rings is 1. The fraction of sp³-hybridized carbons (Fsp3) is 0.182. The first-order chi connectivity index (χ1) is 13.5. The molecule has 0 unspecified atom stereocenters. The molecule has 0 aliphatic carbocycles. The summed E-state index contributed by atoms with van der Waals surface area (Å²) in [7, 11) is 3.19. The third-order valence-electron chi connectivity index (χ3n) is 4.25. The topological polar surface area (TPSA) is 72.5 Å². The van der Waals surface area contributed by atoms with Crippen LogP contribution in [0.4, 0.5) is 17.2 Å². The Bertz CT molecular complexity index is 985. The molecule has 0 spiro atoms. The van der Waals surface area contributed by atoms with Gasteiger partial charge in [0.2, 0.25) is 0 Å². The second-order valence-electron chi connectivity index (χ2n) is 6.42. The number of aromatic nitrogens is 1. The van der Waals surface area contributed by atoms with E-state index in [1.165, 1.54) is 6.20 Å². The van der Waals surface area contributed by atoms with Gasteiger partial charge in [0.25, 0.3) is 5.91 Å². The van der Waals surface area contributed by atoms with Gasteiger partial charge in [0, 0.05) is 6.20 Å². The standard InChI is InChI=1S/C22H23N3O3/c1-14-5-8-19(27-3)17(11-14)24-21-10-7-16(13-23-21)22(26)25-18-12-15(2)6-9-20(18)28-4/h5-13H,1-4H3,(H,23,24)(H,25,26). The van der Waals surface area contributed by atoms with Crippen LogP contribution in [-0.2, 0) is 0 Å². The molecule has 3 aromatic rings. The highest BCUT2D eigenvalue weighted by Crippen LogP contribution is 2.28. The zero-order valence-corrected chi connectivity index (χ0v) is 16.4. The summed E-state index contributed by atoms with van der Waals surface area (Å²) in [6.07, 6.45) is 1.53. The summed E-state index contributed by atoms with van der Waals surface area (Å²) in [5.74, 6) is 1.70. The highest BCUT2D eigenvalue weighted by molar-refractivity contribution is 6.05. The van der Waals surface area contributed by atoms with Crippen molar-refractivity contribution in [3.63, 3.8) is 0 Å². The Morgan fingerprint density at radius 3 is 2.04 bits per heavy atom. The van der Waals surface area contributed by atoms with Crippen molar-refractivity contribution in [3.05, 3.63) is 71.4 Å². The van der Waals surface area contributed by atoms with Gasteiger partial charge in [0.1, 0.15) is 17.3 Å². The molecule has 6 nitrogen and oxygen atoms in total. The number of rotatable bonds is 6. The lowest BCUT2D eigenvalue weighted by Gasteiger charge is -2.12. The molecular weight excluding hydrogens is 354 g/mol. The normalized spacial score (nSPS) is 10.3. The van der Waals surface area contributed by atoms with Crippen LogP contribution in [0.5, 0.6) is 11.5 Å². The molecule has 6 heteroatoms. The minimum absolute atomic E-state index is 0.254. The molecule has 0 saturated carbocycles. The first-order valence-corrected chi connectivity index (χ1v) is 8.84. The van der Waals surface area contributed by atoms with Gasteiger partial charge in [0.15, 0.2) is 0 Å². The second kappa shape index (κ2) is 8.43. The number of carbonyl (C=O) groups is 1. The largest absolute Gasteiger partial charge is 0.495 e. The molecular formula is C22H23N3O3. The Hall–Kier alpha value is -3.54. The van der Waals surface area contributed by atoms with Crippen molar-refractivity contribution in [1.82, 2.24) is 4.98 Å². The smallest absolute Gasteiger partial charge is 0.257 e. The number of nitrogens with zero attached hydrogens (tertiary/aromatic N) is 1. The van der Waals surface area contributed by atoms with E-state index in [4.69, 9.17) is 9.47 Å². The van der Waals surface area contributed by atoms with E-state index >= 15 is 0 Å². The Labute approximate surface area is 164 Å². The van der Waals surface area contributed by atoms with E-state index in [1.54, 1.807) is 26.4 Å². The number of anilines is 3. The first-order valence-electron chi connectivity index (χ1n) is 8.84. The third kappa shape index (κ3) is 4.40. The van der Waals surface area contributed by atoms with Gasteiger partial charge >= 0.3 is 0 Å². The number of hydrogen-bond acceptors (Lipinski definition) is 5. The molecule has 0 aliphatic rings. The van der Waals surface area contributed by atoms with Gasteiger partial charge in [0.05, 0.1) is 31.2 Å². The van der Waals surface area contributed by atoms with Crippen molar-refractivity contribution in [1.29, 1.82) is 0 Å². The SMILES string of the molecule is COc1ccc(C)cc1NC(=O)c1ccc(Nc2cc(C)ccc2OC)nc1. The van der Waals surface area contributed by atoms with Gasteiger partial charge in [-0.05, 0) is 61.4 Å². The zero-order valence-electron chi connectivity index (χ0n) is 16.4. The van der Waals surface area contributed by atoms with E-state index in [9.17, 15) is 4.79 Å². The number of amides is 1. The van der Waals surface area contributed by atoms with E-state index in [1.807, 2.05) is 50.2 Å². The molecule has 2 N–H and O–H groups in total. The van der Waals surface area contributed by atoms with Crippen LogP contribution < -0.4 is 20.1 Å². The van der Waals surface area contributed by atoms with Crippen molar-refractivity contribution < 1.29 is 14.3 Å². The van der Waals surface area contributed by atoms with Gasteiger partial charge in [-0.1, -0.05) is 12.1 Å². The molecule has 0 bridgehead atoms. The van der Waals surface area contributed by atoms with Crippen molar-refractivity contribution >= 4 is 23.1 Å². The van der Waals surface area contributed by atoms with E-state index < -0.39 is 0 Å². The fourth-order valence-electron chi connectivity index (χ4n) is 2.77. The molecule has 3 rings (SSSR count). The number of ether oxygens (including phenoxy) is 2. The van der Waals surface area contributed by atoms with Gasteiger partial charge in [-0.15, -0.1) is 0 Å². The van der Waals surface area contributed by atoms with Gasteiger partial charge in [-0.3, -0.25) is 4.79 Å². The van der Waals surface area contributed by atoms with Crippen LogP contribution >= 0.6 is 0 Å². The molecule has 144 valence electrons. The molecule has 0 atom stereocenters.